The Labute approximate surface area is 799 Å². The van der Waals surface area contributed by atoms with Gasteiger partial charge in [-0.2, -0.15) is 4.58 Å². The second-order valence-electron chi connectivity index (χ2n) is 35.0. The van der Waals surface area contributed by atoms with Gasteiger partial charge in [-0.1, -0.05) is 315 Å². The number of aromatic nitrogens is 7. The van der Waals surface area contributed by atoms with Crippen molar-refractivity contribution in [1.82, 2.24) is 32.8 Å². The number of benzene rings is 19. The van der Waals surface area contributed by atoms with Crippen molar-refractivity contribution in [3.05, 3.63) is 497 Å². The van der Waals surface area contributed by atoms with E-state index in [2.05, 4.69) is 452 Å². The number of para-hydroxylation sites is 8. The third kappa shape index (κ3) is 14.0. The SMILES string of the molecule is C1=NC(c2ccc(-n3c4ccccc4c4c5oc(-c6ccccc6)c(-c6ccccc6)c5ccc43)cc2)[N+](c2ccccc2)=C1.c1ccc(-c2oc3c(ccc4c3c3ccccc3n4-c3ccc(-c4nccn4-c4ccccc4)cc3)c2-c2ccccc2)cc1.c1ccc(-c2oc3c(ccc4c3c3ccccc3n4-c3cccc(-c4nc5ccccc5n4-c4ccccc4)c3)c2-c2ccccc2)cc1. The Morgan fingerprint density at radius 3 is 1.04 bits per heavy atom. The first-order valence-electron chi connectivity index (χ1n) is 47.0. The average molecular weight is 1780 g/mol. The summed E-state index contributed by atoms with van der Waals surface area (Å²) in [6, 6.07) is 168. The van der Waals surface area contributed by atoms with Crippen molar-refractivity contribution in [2.45, 2.75) is 6.17 Å². The molecule has 654 valence electrons. The molecule has 12 nitrogen and oxygen atoms in total. The Morgan fingerprint density at radius 2 is 0.597 bits per heavy atom. The maximum atomic E-state index is 6.98. The average Bonchev–Trinajstić information content (AvgIpc) is 1.57. The van der Waals surface area contributed by atoms with E-state index in [0.717, 1.165) is 234 Å². The van der Waals surface area contributed by atoms with E-state index in [0.29, 0.717) is 0 Å². The Morgan fingerprint density at radius 1 is 0.245 bits per heavy atom. The molecule has 1 aliphatic rings. The van der Waals surface area contributed by atoms with Crippen LogP contribution in [0.3, 0.4) is 0 Å². The van der Waals surface area contributed by atoms with E-state index >= 15 is 0 Å². The molecule has 0 fully saturated rings. The van der Waals surface area contributed by atoms with Gasteiger partial charge < -0.3 is 27.0 Å². The highest BCUT2D eigenvalue weighted by atomic mass is 16.3. The minimum atomic E-state index is -0.0878. The third-order valence-corrected chi connectivity index (χ3v) is 27.0. The van der Waals surface area contributed by atoms with Crippen LogP contribution in [0, 0.1) is 0 Å². The van der Waals surface area contributed by atoms with E-state index in [-0.39, 0.29) is 6.17 Å². The van der Waals surface area contributed by atoms with Crippen molar-refractivity contribution >= 4 is 127 Å². The van der Waals surface area contributed by atoms with Gasteiger partial charge in [0.05, 0.1) is 66.5 Å². The lowest BCUT2D eigenvalue weighted by Crippen LogP contribution is -2.09. The standard InChI is InChI=1S/C45H29N3O.C41H28N3O.C41H27N3O/c1-4-15-30(16-5-1)41-36-27-28-40-42(44(36)49-43(41)31-17-6-2-7-18-31)35-23-10-12-25-38(35)47(40)34-22-14-19-32(29-34)45-46-37-24-11-13-26-39(37)48(45)33-20-8-3-9-21-33;2*1-4-12-28(13-5-1)37-34-24-25-36-38(40(34)45-39(37)29-14-6-2-7-15-29)33-18-10-11-19-35(33)44(36)32-22-20-30(21-23-32)41-42-26-27-43(41)31-16-8-3-9-17-31/h1-29H;1-27,41H;1-27H/q;+1;. The first kappa shape index (κ1) is 81.0. The summed E-state index contributed by atoms with van der Waals surface area (Å²) in [5.41, 5.74) is 31.2. The number of furan rings is 3. The summed E-state index contributed by atoms with van der Waals surface area (Å²) in [6.07, 6.45) is 7.71. The number of imidazole rings is 2. The molecule has 0 spiro atoms. The zero-order chi connectivity index (χ0) is 91.8. The Bertz CT molecular complexity index is 9380. The minimum Gasteiger partial charge on any atom is -0.455 e. The normalized spacial score (nSPS) is 12.5. The van der Waals surface area contributed by atoms with Gasteiger partial charge in [0.1, 0.15) is 45.7 Å². The number of hydrogen-bond acceptors (Lipinski definition) is 6. The van der Waals surface area contributed by atoms with Crippen molar-refractivity contribution < 1.29 is 17.8 Å². The summed E-state index contributed by atoms with van der Waals surface area (Å²) in [6.45, 7) is 0. The monoisotopic (exact) mass is 1780 g/mol. The minimum absolute atomic E-state index is 0.0878. The first-order valence-corrected chi connectivity index (χ1v) is 47.0. The predicted molar refractivity (Wildman–Crippen MR) is 571 cm³/mol. The third-order valence-electron chi connectivity index (χ3n) is 27.0. The molecular formula is C127H84N9O3+. The summed E-state index contributed by atoms with van der Waals surface area (Å²) in [4.78, 5) is 14.6. The fourth-order valence-corrected chi connectivity index (χ4v) is 20.8. The van der Waals surface area contributed by atoms with Crippen LogP contribution in [0.4, 0.5) is 5.69 Å². The fourth-order valence-electron chi connectivity index (χ4n) is 20.8. The Balaban J connectivity index is 0.000000108. The molecule has 139 heavy (non-hydrogen) atoms. The molecule has 0 saturated carbocycles. The molecule has 0 aliphatic carbocycles. The van der Waals surface area contributed by atoms with Gasteiger partial charge in [-0.25, -0.2) is 15.0 Å². The molecule has 9 heterocycles. The van der Waals surface area contributed by atoms with Crippen molar-refractivity contribution in [3.8, 4) is 119 Å². The molecule has 0 amide bonds. The molecule has 12 heteroatoms. The van der Waals surface area contributed by atoms with Gasteiger partial charge in [-0.3, -0.25) is 9.13 Å². The summed E-state index contributed by atoms with van der Waals surface area (Å²) in [5.74, 6) is 4.48. The number of fused-ring (bicyclic) bond motifs is 16. The van der Waals surface area contributed by atoms with E-state index in [1.54, 1.807) is 0 Å². The number of hydrogen-bond donors (Lipinski definition) is 0. The van der Waals surface area contributed by atoms with Gasteiger partial charge in [-0.15, -0.1) is 0 Å². The number of rotatable bonds is 15. The zero-order valence-corrected chi connectivity index (χ0v) is 75.2. The van der Waals surface area contributed by atoms with Gasteiger partial charge in [0, 0.05) is 135 Å². The lowest BCUT2D eigenvalue weighted by molar-refractivity contribution is -0.479. The van der Waals surface area contributed by atoms with Crippen LogP contribution in [0.5, 0.6) is 0 Å². The molecule has 0 radical (unpaired) electrons. The van der Waals surface area contributed by atoms with Crippen molar-refractivity contribution in [2.24, 2.45) is 4.99 Å². The van der Waals surface area contributed by atoms with E-state index in [9.17, 15) is 0 Å². The van der Waals surface area contributed by atoms with E-state index in [1.807, 2.05) is 79.4 Å². The molecule has 1 aliphatic heterocycles. The molecule has 28 rings (SSSR count). The van der Waals surface area contributed by atoms with Crippen LogP contribution in [0.15, 0.2) is 510 Å². The molecule has 0 saturated heterocycles. The van der Waals surface area contributed by atoms with E-state index in [4.69, 9.17) is 28.2 Å². The highest BCUT2D eigenvalue weighted by Gasteiger charge is 2.31. The fraction of sp³-hybridized carbons (Fsp3) is 0.00787. The maximum Gasteiger partial charge on any atom is 0.277 e. The molecule has 8 aromatic heterocycles. The lowest BCUT2D eigenvalue weighted by atomic mass is 9.98. The van der Waals surface area contributed by atoms with Crippen molar-refractivity contribution in [2.75, 3.05) is 0 Å². The molecule has 0 N–H and O–H groups in total. The van der Waals surface area contributed by atoms with Crippen LogP contribution in [0.25, 0.3) is 228 Å². The van der Waals surface area contributed by atoms with Gasteiger partial charge in [0.2, 0.25) is 5.69 Å². The molecular weight excluding hydrogens is 1700 g/mol. The summed E-state index contributed by atoms with van der Waals surface area (Å²) >= 11 is 0. The lowest BCUT2D eigenvalue weighted by Gasteiger charge is -2.12. The van der Waals surface area contributed by atoms with Crippen molar-refractivity contribution in [3.63, 3.8) is 0 Å². The smallest absolute Gasteiger partial charge is 0.277 e. The van der Waals surface area contributed by atoms with Crippen LogP contribution in [0.2, 0.25) is 0 Å². The van der Waals surface area contributed by atoms with Crippen LogP contribution in [-0.4, -0.2) is 49.8 Å². The van der Waals surface area contributed by atoms with Gasteiger partial charge in [-0.05, 0) is 168 Å². The van der Waals surface area contributed by atoms with Crippen LogP contribution < -0.4 is 0 Å². The van der Waals surface area contributed by atoms with Crippen molar-refractivity contribution in [1.29, 1.82) is 0 Å². The zero-order valence-electron chi connectivity index (χ0n) is 75.2. The molecule has 1 unspecified atom stereocenters. The quantitative estimate of drug-likeness (QED) is 0.0951. The number of aliphatic imine (C=N–C) groups is 1. The molecule has 27 aromatic rings. The maximum absolute atomic E-state index is 6.98. The molecule has 0 bridgehead atoms. The molecule has 1 atom stereocenters. The number of nitrogens with zero attached hydrogens (tertiary/aromatic N) is 9. The van der Waals surface area contributed by atoms with E-state index in [1.165, 1.54) is 5.39 Å². The Hall–Kier alpha value is -18.8. The highest BCUT2D eigenvalue weighted by Crippen LogP contribution is 2.51. The highest BCUT2D eigenvalue weighted by molar-refractivity contribution is 6.26. The van der Waals surface area contributed by atoms with Crippen LogP contribution in [0.1, 0.15) is 11.7 Å². The summed E-state index contributed by atoms with van der Waals surface area (Å²) in [7, 11) is 0. The topological polar surface area (TPSA) is 105 Å². The van der Waals surface area contributed by atoms with Gasteiger partial charge >= 0.3 is 0 Å². The Kier molecular flexibility index (Phi) is 20.0. The summed E-state index contributed by atoms with van der Waals surface area (Å²) < 4.78 is 34.4. The summed E-state index contributed by atoms with van der Waals surface area (Å²) in [5, 5.41) is 10.1. The first-order chi connectivity index (χ1) is 69.0. The van der Waals surface area contributed by atoms with Crippen LogP contribution >= 0.6 is 0 Å². The predicted octanol–water partition coefficient (Wildman–Crippen LogP) is 32.9. The van der Waals surface area contributed by atoms with Gasteiger partial charge in [0.15, 0.2) is 6.21 Å². The van der Waals surface area contributed by atoms with E-state index < -0.39 is 0 Å². The largest absolute Gasteiger partial charge is 0.455 e. The second kappa shape index (κ2) is 34.4. The van der Waals surface area contributed by atoms with Gasteiger partial charge in [0.25, 0.3) is 6.17 Å². The molecule has 19 aromatic carbocycles. The second-order valence-corrected chi connectivity index (χ2v) is 35.0. The van der Waals surface area contributed by atoms with Crippen LogP contribution in [-0.2, 0) is 0 Å².